The normalized spacial score (nSPS) is 14.5. The van der Waals surface area contributed by atoms with Gasteiger partial charge in [0.15, 0.2) is 0 Å². The van der Waals surface area contributed by atoms with Gasteiger partial charge in [-0.15, -0.1) is 0 Å². The highest BCUT2D eigenvalue weighted by Crippen LogP contribution is 2.39. The molecule has 0 saturated heterocycles. The minimum Gasteiger partial charge on any atom is -0.327 e. The molecule has 3 aromatic rings. The molecule has 2 heterocycles. The number of hydrogen-bond donors (Lipinski definition) is 1. The lowest BCUT2D eigenvalue weighted by molar-refractivity contribution is -0.137. The molecule has 0 bridgehead atoms. The second-order valence-electron chi connectivity index (χ2n) is 10.7. The molecule has 0 saturated carbocycles. The third-order valence-electron chi connectivity index (χ3n) is 7.18. The smallest absolute Gasteiger partial charge is 0.237 e. The van der Waals surface area contributed by atoms with E-state index in [0.29, 0.717) is 18.4 Å². The minimum absolute atomic E-state index is 0.0145. The summed E-state index contributed by atoms with van der Waals surface area (Å²) in [5.74, 6) is 1.43. The molecule has 5 nitrogen and oxygen atoms in total. The topological polar surface area (TPSA) is 64.2 Å². The molecule has 214 valence electrons. The summed E-state index contributed by atoms with van der Waals surface area (Å²) in [6, 6.07) is 12.7. The van der Waals surface area contributed by atoms with Gasteiger partial charge >= 0.3 is 0 Å². The van der Waals surface area contributed by atoms with Crippen molar-refractivity contribution in [2.75, 3.05) is 13.1 Å². The van der Waals surface area contributed by atoms with Gasteiger partial charge in [-0.1, -0.05) is 70.8 Å². The zero-order valence-electron chi connectivity index (χ0n) is 25.1. The van der Waals surface area contributed by atoms with Crippen molar-refractivity contribution < 1.29 is 9.18 Å². The maximum atomic E-state index is 12.4. The molecule has 1 atom stereocenters. The summed E-state index contributed by atoms with van der Waals surface area (Å²) in [6.45, 7) is 20.2. The Labute approximate surface area is 239 Å². The average Bonchev–Trinajstić information content (AvgIpc) is 3.32. The third kappa shape index (κ3) is 7.49. The second-order valence-corrected chi connectivity index (χ2v) is 11.1. The maximum absolute atomic E-state index is 12.4. The molecule has 4 rings (SSSR count). The van der Waals surface area contributed by atoms with Gasteiger partial charge < -0.3 is 15.2 Å². The minimum atomic E-state index is -0.519. The fraction of sp³-hybridized carbons (Fsp3) is 0.500. The van der Waals surface area contributed by atoms with Crippen molar-refractivity contribution in [3.63, 3.8) is 0 Å². The quantitative estimate of drug-likeness (QED) is 0.346. The van der Waals surface area contributed by atoms with Crippen LogP contribution in [0.25, 0.3) is 11.3 Å². The third-order valence-corrected chi connectivity index (χ3v) is 7.40. The van der Waals surface area contributed by atoms with Gasteiger partial charge in [-0.05, 0) is 74.9 Å². The summed E-state index contributed by atoms with van der Waals surface area (Å²) in [4.78, 5) is 19.4. The monoisotopic (exact) mass is 556 g/mol. The van der Waals surface area contributed by atoms with Gasteiger partial charge in [0.05, 0.1) is 17.8 Å². The number of aryl methyl sites for hydroxylation is 1. The Morgan fingerprint density at radius 3 is 2.23 bits per heavy atom. The van der Waals surface area contributed by atoms with Gasteiger partial charge in [0.1, 0.15) is 11.6 Å². The van der Waals surface area contributed by atoms with Gasteiger partial charge in [-0.2, -0.15) is 0 Å². The van der Waals surface area contributed by atoms with Crippen molar-refractivity contribution in [3.05, 3.63) is 75.9 Å². The molecule has 1 amide bonds. The molecule has 1 aromatic heterocycles. The van der Waals surface area contributed by atoms with E-state index < -0.39 is 5.54 Å². The number of carbonyl (C=O) groups is 1. The van der Waals surface area contributed by atoms with Crippen molar-refractivity contribution >= 4 is 17.5 Å². The number of halogens is 2. The zero-order chi connectivity index (χ0) is 29.5. The summed E-state index contributed by atoms with van der Waals surface area (Å²) in [5.41, 5.74) is 10.7. The number of hydrogen-bond acceptors (Lipinski definition) is 3. The van der Waals surface area contributed by atoms with Gasteiger partial charge in [0.2, 0.25) is 5.91 Å². The lowest BCUT2D eigenvalue weighted by Gasteiger charge is -2.42. The summed E-state index contributed by atoms with van der Waals surface area (Å²) in [6.07, 6.45) is 1.06. The number of nitrogens with two attached hydrogens (primary N) is 1. The lowest BCUT2D eigenvalue weighted by Crippen LogP contribution is -2.53. The van der Waals surface area contributed by atoms with Gasteiger partial charge in [-0.25, -0.2) is 9.37 Å². The number of aromatic nitrogens is 2. The van der Waals surface area contributed by atoms with E-state index in [1.165, 1.54) is 23.4 Å². The molecule has 1 aliphatic rings. The van der Waals surface area contributed by atoms with E-state index in [9.17, 15) is 9.18 Å². The van der Waals surface area contributed by atoms with E-state index in [0.717, 1.165) is 40.6 Å². The Morgan fingerprint density at radius 2 is 1.72 bits per heavy atom. The predicted molar refractivity (Wildman–Crippen MR) is 162 cm³/mol. The first-order chi connectivity index (χ1) is 18.4. The number of rotatable bonds is 5. The van der Waals surface area contributed by atoms with E-state index in [4.69, 9.17) is 22.3 Å². The van der Waals surface area contributed by atoms with E-state index in [-0.39, 0.29) is 18.3 Å². The van der Waals surface area contributed by atoms with Crippen LogP contribution in [0.1, 0.15) is 96.3 Å². The molecule has 1 aliphatic heterocycles. The van der Waals surface area contributed by atoms with E-state index in [1.807, 2.05) is 31.7 Å². The van der Waals surface area contributed by atoms with Gasteiger partial charge in [0.25, 0.3) is 0 Å². The Balaban J connectivity index is 0.000000451. The lowest BCUT2D eigenvalue weighted by atomic mass is 9.94. The van der Waals surface area contributed by atoms with E-state index in [2.05, 4.69) is 58.2 Å². The molecule has 0 spiro atoms. The number of imidazole rings is 1. The molecule has 7 heteroatoms. The zero-order valence-corrected chi connectivity index (χ0v) is 25.9. The molecule has 0 aliphatic carbocycles. The van der Waals surface area contributed by atoms with Crippen molar-refractivity contribution in [1.29, 1.82) is 0 Å². The molecule has 2 aromatic carbocycles. The summed E-state index contributed by atoms with van der Waals surface area (Å²) < 4.78 is 14.4. The van der Waals surface area contributed by atoms with Crippen LogP contribution in [0, 0.1) is 12.7 Å². The Bertz CT molecular complexity index is 1210. The summed E-state index contributed by atoms with van der Waals surface area (Å²) >= 11 is 6.50. The van der Waals surface area contributed by atoms with E-state index in [1.54, 1.807) is 12.1 Å². The Hall–Kier alpha value is -2.70. The molecule has 0 radical (unpaired) electrons. The fourth-order valence-electron chi connectivity index (χ4n) is 4.91. The van der Waals surface area contributed by atoms with Crippen LogP contribution in [0.5, 0.6) is 0 Å². The van der Waals surface area contributed by atoms with E-state index >= 15 is 0 Å². The molecular weight excluding hydrogens is 511 g/mol. The van der Waals surface area contributed by atoms with Crippen molar-refractivity contribution in [2.45, 2.75) is 92.7 Å². The van der Waals surface area contributed by atoms with Crippen LogP contribution in [-0.4, -0.2) is 33.4 Å². The summed E-state index contributed by atoms with van der Waals surface area (Å²) in [7, 11) is 0. The maximum Gasteiger partial charge on any atom is 0.237 e. The standard InChI is InChI=1S/C23H33ClN4O.C7H7F.C2H6/c1-7-15(4)16-10-17(12-18(24)11-16)20-21(14(2)3)27-8-9-28(19(29)13-25)23(5,6)22(27)26-20;1-6-2-4-7(8)5-3-6;1-2/h10-12,14-15H,7-9,13,25H2,1-6H3;2-5H,1H3;1-2H3. The van der Waals surface area contributed by atoms with Crippen LogP contribution < -0.4 is 5.73 Å². The number of benzene rings is 2. The Kier molecular flexibility index (Phi) is 11.7. The second kappa shape index (κ2) is 14.1. The number of nitrogens with zero attached hydrogens (tertiary/aromatic N) is 3. The SMILES string of the molecule is CC.CCC(C)c1cc(Cl)cc(-c2nc3n(c2C(C)C)CCN(C(=O)CN)C3(C)C)c1.Cc1ccc(F)cc1. The Morgan fingerprint density at radius 1 is 1.10 bits per heavy atom. The first kappa shape index (κ1) is 32.5. The molecule has 39 heavy (non-hydrogen) atoms. The van der Waals surface area contributed by atoms with Crippen LogP contribution in [-0.2, 0) is 16.9 Å². The first-order valence-corrected chi connectivity index (χ1v) is 14.4. The van der Waals surface area contributed by atoms with Gasteiger partial charge in [-0.3, -0.25) is 4.79 Å². The molecule has 0 fully saturated rings. The number of carbonyl (C=O) groups excluding carboxylic acids is 1. The highest BCUT2D eigenvalue weighted by atomic mass is 35.5. The van der Waals surface area contributed by atoms with Crippen LogP contribution in [0.2, 0.25) is 5.02 Å². The first-order valence-electron chi connectivity index (χ1n) is 14.0. The van der Waals surface area contributed by atoms with Crippen LogP contribution >= 0.6 is 11.6 Å². The van der Waals surface area contributed by atoms with Crippen molar-refractivity contribution in [2.24, 2.45) is 5.73 Å². The van der Waals surface area contributed by atoms with Crippen LogP contribution in [0.3, 0.4) is 0 Å². The highest BCUT2D eigenvalue weighted by Gasteiger charge is 2.41. The predicted octanol–water partition coefficient (Wildman–Crippen LogP) is 8.04. The fourth-order valence-corrected chi connectivity index (χ4v) is 5.15. The molecule has 1 unspecified atom stereocenters. The largest absolute Gasteiger partial charge is 0.327 e. The van der Waals surface area contributed by atoms with Gasteiger partial charge in [0, 0.05) is 29.4 Å². The molecular formula is C32H46ClFN4O. The average molecular weight is 557 g/mol. The number of amides is 1. The highest BCUT2D eigenvalue weighted by molar-refractivity contribution is 6.31. The van der Waals surface area contributed by atoms with Crippen LogP contribution in [0.15, 0.2) is 42.5 Å². The number of fused-ring (bicyclic) bond motifs is 1. The van der Waals surface area contributed by atoms with Crippen molar-refractivity contribution in [3.8, 4) is 11.3 Å². The van der Waals surface area contributed by atoms with Crippen molar-refractivity contribution in [1.82, 2.24) is 14.5 Å². The van der Waals surface area contributed by atoms with Crippen LogP contribution in [0.4, 0.5) is 4.39 Å². The summed E-state index contributed by atoms with van der Waals surface area (Å²) in [5, 5.41) is 0.734. The molecule has 2 N–H and O–H groups in total.